The van der Waals surface area contributed by atoms with E-state index < -0.39 is 28.2 Å². The Hall–Kier alpha value is -3.45. The molecule has 0 radical (unpaired) electrons. The summed E-state index contributed by atoms with van der Waals surface area (Å²) >= 11 is 7.32. The molecule has 3 heterocycles. The minimum absolute atomic E-state index is 0.0270. The van der Waals surface area contributed by atoms with Crippen molar-refractivity contribution in [3.05, 3.63) is 50.9 Å². The quantitative estimate of drug-likeness (QED) is 0.366. The Kier molecular flexibility index (Phi) is 5.37. The Morgan fingerprint density at radius 2 is 2.13 bits per heavy atom. The van der Waals surface area contributed by atoms with Gasteiger partial charge in [-0.15, -0.1) is 11.8 Å². The average molecular weight is 465 g/mol. The maximum Gasteiger partial charge on any atom is 0.352 e. The number of aliphatic carboxylic acids is 1. The molecule has 2 aliphatic heterocycles. The van der Waals surface area contributed by atoms with E-state index in [1.54, 1.807) is 13.0 Å². The fourth-order valence-corrected chi connectivity index (χ4v) is 4.59. The highest BCUT2D eigenvalue weighted by Crippen LogP contribution is 2.41. The van der Waals surface area contributed by atoms with Crippen molar-refractivity contribution in [2.45, 2.75) is 18.3 Å². The number of nitrogens with zero attached hydrogens (tertiary/aromatic N) is 5. The molecule has 12 nitrogen and oxygen atoms in total. The first-order chi connectivity index (χ1) is 14.8. The maximum absolute atomic E-state index is 12.6. The van der Waals surface area contributed by atoms with Gasteiger partial charge in [0.2, 0.25) is 17.0 Å². The number of carboxylic acids is 1. The highest BCUT2D eigenvalue weighted by molar-refractivity contribution is 8.00. The van der Waals surface area contributed by atoms with Gasteiger partial charge in [0.1, 0.15) is 17.1 Å². The van der Waals surface area contributed by atoms with Crippen molar-refractivity contribution in [2.75, 3.05) is 11.1 Å². The minimum atomic E-state index is -1.17. The SMILES string of the molecule is CC1=C(C(=O)O)N2C(=O)C(Nc3nc(Cl)nc(Oc4ccccc4[N+](=O)[O-])n3)C2SC1. The molecule has 2 aromatic rings. The van der Waals surface area contributed by atoms with Crippen LogP contribution in [0.4, 0.5) is 11.6 Å². The number of β-lactam (4-membered cyclic amide) rings is 1. The third kappa shape index (κ3) is 3.84. The molecule has 14 heteroatoms. The average Bonchev–Trinajstić information content (AvgIpc) is 2.71. The van der Waals surface area contributed by atoms with Crippen molar-refractivity contribution in [1.29, 1.82) is 0 Å². The summed E-state index contributed by atoms with van der Waals surface area (Å²) in [6.07, 6.45) is 0. The molecule has 1 amide bonds. The maximum atomic E-state index is 12.6. The summed E-state index contributed by atoms with van der Waals surface area (Å²) in [5.41, 5.74) is 0.283. The predicted octanol–water partition coefficient (Wildman–Crippen LogP) is 2.28. The molecule has 0 aliphatic carbocycles. The number of nitro benzene ring substituents is 1. The second-order valence-electron chi connectivity index (χ2n) is 6.50. The molecule has 2 N–H and O–H groups in total. The van der Waals surface area contributed by atoms with Crippen molar-refractivity contribution in [2.24, 2.45) is 0 Å². The van der Waals surface area contributed by atoms with Gasteiger partial charge >= 0.3 is 17.7 Å². The largest absolute Gasteiger partial charge is 0.477 e. The molecule has 1 aromatic heterocycles. The lowest BCUT2D eigenvalue weighted by atomic mass is 10.0. The van der Waals surface area contributed by atoms with E-state index in [9.17, 15) is 24.8 Å². The molecule has 4 rings (SSSR count). The normalized spacial score (nSPS) is 20.1. The predicted molar refractivity (Wildman–Crippen MR) is 109 cm³/mol. The number of ether oxygens (including phenoxy) is 1. The number of nitro groups is 1. The number of hydrogen-bond acceptors (Lipinski definition) is 10. The van der Waals surface area contributed by atoms with Gasteiger partial charge in [-0.25, -0.2) is 4.79 Å². The van der Waals surface area contributed by atoms with Crippen molar-refractivity contribution in [1.82, 2.24) is 19.9 Å². The molecule has 2 atom stereocenters. The first-order valence-electron chi connectivity index (χ1n) is 8.73. The van der Waals surface area contributed by atoms with E-state index in [1.807, 2.05) is 0 Å². The van der Waals surface area contributed by atoms with Crippen molar-refractivity contribution in [3.63, 3.8) is 0 Å². The van der Waals surface area contributed by atoms with Crippen molar-refractivity contribution in [3.8, 4) is 11.8 Å². The van der Waals surface area contributed by atoms with Gasteiger partial charge < -0.3 is 15.2 Å². The third-order valence-electron chi connectivity index (χ3n) is 4.50. The van der Waals surface area contributed by atoms with E-state index in [0.29, 0.717) is 11.3 Å². The van der Waals surface area contributed by atoms with Crippen LogP contribution < -0.4 is 10.1 Å². The molecule has 0 saturated carbocycles. The van der Waals surface area contributed by atoms with Gasteiger partial charge in [0.05, 0.1) is 4.92 Å². The molecule has 31 heavy (non-hydrogen) atoms. The number of carboxylic acid groups (broad SMARTS) is 1. The molecule has 2 aliphatic rings. The number of rotatable bonds is 6. The molecular weight excluding hydrogens is 452 g/mol. The highest BCUT2D eigenvalue weighted by atomic mass is 35.5. The summed E-state index contributed by atoms with van der Waals surface area (Å²) in [6.45, 7) is 1.67. The Morgan fingerprint density at radius 1 is 1.39 bits per heavy atom. The van der Waals surface area contributed by atoms with E-state index in [2.05, 4.69) is 20.3 Å². The van der Waals surface area contributed by atoms with Gasteiger partial charge in [-0.1, -0.05) is 12.1 Å². The van der Waals surface area contributed by atoms with Gasteiger partial charge in [0, 0.05) is 11.8 Å². The van der Waals surface area contributed by atoms with Crippen LogP contribution in [-0.4, -0.2) is 58.9 Å². The summed E-state index contributed by atoms with van der Waals surface area (Å²) < 4.78 is 5.41. The van der Waals surface area contributed by atoms with Gasteiger partial charge in [-0.05, 0) is 30.2 Å². The van der Waals surface area contributed by atoms with E-state index in [1.165, 1.54) is 34.9 Å². The van der Waals surface area contributed by atoms with E-state index >= 15 is 0 Å². The van der Waals surface area contributed by atoms with E-state index in [-0.39, 0.29) is 34.4 Å². The molecule has 160 valence electrons. The number of nitrogens with one attached hydrogen (secondary N) is 1. The van der Waals surface area contributed by atoms with E-state index in [4.69, 9.17) is 16.3 Å². The zero-order chi connectivity index (χ0) is 22.3. The number of fused-ring (bicyclic) bond motifs is 1. The van der Waals surface area contributed by atoms with Gasteiger partial charge in [0.15, 0.2) is 0 Å². The standard InChI is InChI=1S/C17H13ClN6O6S/c1-7-6-31-13-10(12(25)23(13)11(7)14(26)27)19-16-20-15(18)21-17(22-16)30-9-5-3-2-4-8(9)24(28)29/h2-5,10,13H,6H2,1H3,(H,26,27)(H,19,20,21,22). The summed E-state index contributed by atoms with van der Waals surface area (Å²) in [7, 11) is 0. The fraction of sp³-hybridized carbons (Fsp3) is 0.235. The van der Waals surface area contributed by atoms with E-state index in [0.717, 1.165) is 0 Å². The molecule has 1 fully saturated rings. The zero-order valence-corrected chi connectivity index (χ0v) is 17.3. The molecule has 1 saturated heterocycles. The summed E-state index contributed by atoms with van der Waals surface area (Å²) in [4.78, 5) is 47.6. The summed E-state index contributed by atoms with van der Waals surface area (Å²) in [6, 6.07) is 4.56. The number of benzene rings is 1. The third-order valence-corrected chi connectivity index (χ3v) is 6.09. The Bertz CT molecular complexity index is 1140. The number of hydrogen-bond donors (Lipinski definition) is 2. The number of anilines is 1. The monoisotopic (exact) mass is 464 g/mol. The minimum Gasteiger partial charge on any atom is -0.477 e. The number of aromatic nitrogens is 3. The molecule has 0 bridgehead atoms. The Morgan fingerprint density at radius 3 is 2.84 bits per heavy atom. The lowest BCUT2D eigenvalue weighted by molar-refractivity contribution is -0.385. The fourth-order valence-electron chi connectivity index (χ4n) is 3.15. The Balaban J connectivity index is 1.55. The number of carbonyl (C=O) groups is 2. The first-order valence-corrected chi connectivity index (χ1v) is 10.2. The smallest absolute Gasteiger partial charge is 0.352 e. The second-order valence-corrected chi connectivity index (χ2v) is 7.95. The highest BCUT2D eigenvalue weighted by Gasteiger charge is 2.53. The van der Waals surface area contributed by atoms with Crippen LogP contribution in [0, 0.1) is 10.1 Å². The zero-order valence-electron chi connectivity index (χ0n) is 15.7. The van der Waals surface area contributed by atoms with Crippen LogP contribution in [0.15, 0.2) is 35.5 Å². The number of carbonyl (C=O) groups excluding carboxylic acids is 1. The number of halogens is 1. The van der Waals surface area contributed by atoms with Crippen LogP contribution >= 0.6 is 23.4 Å². The molecule has 0 spiro atoms. The molecule has 2 unspecified atom stereocenters. The second kappa shape index (κ2) is 8.00. The van der Waals surface area contributed by atoms with Crippen LogP contribution in [-0.2, 0) is 9.59 Å². The van der Waals surface area contributed by atoms with Crippen molar-refractivity contribution < 1.29 is 24.4 Å². The lowest BCUT2D eigenvalue weighted by Crippen LogP contribution is -2.67. The van der Waals surface area contributed by atoms with Gasteiger partial charge in [-0.3, -0.25) is 19.8 Å². The summed E-state index contributed by atoms with van der Waals surface area (Å²) in [5, 5.41) is 22.7. The number of para-hydroxylation sites is 2. The number of amides is 1. The van der Waals surface area contributed by atoms with Gasteiger partial charge in [0.25, 0.3) is 5.91 Å². The van der Waals surface area contributed by atoms with Crippen LogP contribution in [0.5, 0.6) is 11.8 Å². The number of thioether (sulfide) groups is 1. The topological polar surface area (TPSA) is 161 Å². The molecule has 1 aromatic carbocycles. The lowest BCUT2D eigenvalue weighted by Gasteiger charge is -2.49. The van der Waals surface area contributed by atoms with Crippen LogP contribution in [0.1, 0.15) is 6.92 Å². The first kappa shape index (κ1) is 20.8. The Labute approximate surface area is 183 Å². The molecular formula is C17H13ClN6O6S. The van der Waals surface area contributed by atoms with Crippen LogP contribution in [0.25, 0.3) is 0 Å². The summed E-state index contributed by atoms with van der Waals surface area (Å²) in [5.74, 6) is -1.35. The van der Waals surface area contributed by atoms with Crippen LogP contribution in [0.2, 0.25) is 5.28 Å². The van der Waals surface area contributed by atoms with Gasteiger partial charge in [-0.2, -0.15) is 15.0 Å². The van der Waals surface area contributed by atoms with Crippen LogP contribution in [0.3, 0.4) is 0 Å². The van der Waals surface area contributed by atoms with Crippen molar-refractivity contribution >= 4 is 46.9 Å².